The Kier molecular flexibility index (Phi) is 7.78. The van der Waals surface area contributed by atoms with Gasteiger partial charge in [-0.3, -0.25) is 9.90 Å². The average molecular weight is 338 g/mol. The van der Waals surface area contributed by atoms with Crippen LogP contribution in [0.1, 0.15) is 46.2 Å². The van der Waals surface area contributed by atoms with Gasteiger partial charge in [0.15, 0.2) is 0 Å². The molecular weight excluding hydrogens is 313 g/mol. The van der Waals surface area contributed by atoms with Crippen LogP contribution in [0.4, 0.5) is 0 Å². The summed E-state index contributed by atoms with van der Waals surface area (Å²) in [6.07, 6.45) is 1.54. The molecule has 2 rings (SSSR count). The molecule has 0 aliphatic carbocycles. The van der Waals surface area contributed by atoms with Crippen LogP contribution in [0, 0.1) is 0 Å². The minimum atomic E-state index is -0.433. The van der Waals surface area contributed by atoms with Crippen molar-refractivity contribution >= 4 is 10.8 Å². The fourth-order valence-corrected chi connectivity index (χ4v) is 2.48. The van der Waals surface area contributed by atoms with Crippen LogP contribution < -0.4 is 56.5 Å². The van der Waals surface area contributed by atoms with Crippen LogP contribution in [0.3, 0.4) is 0 Å². The summed E-state index contributed by atoms with van der Waals surface area (Å²) in [6, 6.07) is 14.2. The minimum absolute atomic E-state index is 0. The van der Waals surface area contributed by atoms with Gasteiger partial charge in [0.1, 0.15) is 0 Å². The van der Waals surface area contributed by atoms with Gasteiger partial charge in [0.05, 0.1) is 11.6 Å². The molecule has 0 aliphatic heterocycles. The Morgan fingerprint density at radius 3 is 2.35 bits per heavy atom. The Hall–Kier alpha value is -0.364. The van der Waals surface area contributed by atoms with Crippen molar-refractivity contribution in [3.63, 3.8) is 0 Å². The summed E-state index contributed by atoms with van der Waals surface area (Å²) in [5, 5.41) is 16.1. The van der Waals surface area contributed by atoms with Crippen LogP contribution in [-0.2, 0) is 4.84 Å². The number of rotatable bonds is 4. The van der Waals surface area contributed by atoms with Crippen molar-refractivity contribution in [2.45, 2.75) is 46.3 Å². The van der Waals surface area contributed by atoms with Gasteiger partial charge < -0.3 is 5.11 Å². The van der Waals surface area contributed by atoms with E-state index in [0.717, 1.165) is 16.3 Å². The third-order valence-electron chi connectivity index (χ3n) is 3.46. The van der Waals surface area contributed by atoms with Crippen LogP contribution in [0.5, 0.6) is 0 Å². The molecule has 0 fully saturated rings. The molecule has 118 valence electrons. The molecule has 0 spiro atoms. The molecule has 1 atom stereocenters. The van der Waals surface area contributed by atoms with E-state index in [9.17, 15) is 5.11 Å². The molecule has 2 aromatic rings. The molecule has 0 heterocycles. The normalized spacial score (nSPS) is 13.5. The first-order valence-electron chi connectivity index (χ1n) is 7.63. The maximum atomic E-state index is 12.3. The SMILES string of the molecule is C/C=C(\[O-])N(OC(C)(C)C)C(C)c1cccc2ccccc12.[K+]. The van der Waals surface area contributed by atoms with Gasteiger partial charge in [-0.2, -0.15) is 0 Å². The van der Waals surface area contributed by atoms with Gasteiger partial charge in [-0.15, -0.1) is 0 Å². The third kappa shape index (κ3) is 5.31. The van der Waals surface area contributed by atoms with E-state index < -0.39 is 5.60 Å². The van der Waals surface area contributed by atoms with Crippen LogP contribution in [0.2, 0.25) is 0 Å². The van der Waals surface area contributed by atoms with E-state index in [1.165, 1.54) is 11.1 Å². The van der Waals surface area contributed by atoms with E-state index >= 15 is 0 Å². The smallest absolute Gasteiger partial charge is 0.859 e. The maximum absolute atomic E-state index is 12.3. The zero-order chi connectivity index (χ0) is 16.3. The van der Waals surface area contributed by atoms with Gasteiger partial charge in [-0.25, -0.2) is 0 Å². The number of hydrogen-bond donors (Lipinski definition) is 0. The largest absolute Gasteiger partial charge is 1.00 e. The first kappa shape index (κ1) is 20.7. The molecule has 0 saturated carbocycles. The van der Waals surface area contributed by atoms with Crippen molar-refractivity contribution < 1.29 is 61.3 Å². The van der Waals surface area contributed by atoms with Gasteiger partial charge in [-0.05, 0) is 56.8 Å². The molecule has 0 amide bonds. The molecule has 0 saturated heterocycles. The van der Waals surface area contributed by atoms with Crippen molar-refractivity contribution in [1.29, 1.82) is 0 Å². The Morgan fingerprint density at radius 1 is 1.13 bits per heavy atom. The second-order valence-electron chi connectivity index (χ2n) is 6.40. The summed E-state index contributed by atoms with van der Waals surface area (Å²) in [7, 11) is 0. The van der Waals surface area contributed by atoms with Gasteiger partial charge in [0, 0.05) is 0 Å². The predicted molar refractivity (Wildman–Crippen MR) is 88.8 cm³/mol. The third-order valence-corrected chi connectivity index (χ3v) is 3.46. The first-order valence-corrected chi connectivity index (χ1v) is 7.63. The molecule has 23 heavy (non-hydrogen) atoms. The van der Waals surface area contributed by atoms with Crippen LogP contribution in [-0.4, -0.2) is 10.7 Å². The topological polar surface area (TPSA) is 35.5 Å². The summed E-state index contributed by atoms with van der Waals surface area (Å²) in [4.78, 5) is 5.91. The standard InChI is InChI=1S/C19H25NO2.K/c1-6-18(21)20(22-19(3,4)5)14(2)16-13-9-11-15-10-7-8-12-17(15)16;/h6-14,21H,1-5H3;/q;+1/p-1/b18-6-;. The number of nitrogens with zero attached hydrogens (tertiary/aromatic N) is 1. The molecule has 4 heteroatoms. The zero-order valence-electron chi connectivity index (χ0n) is 15.0. The molecule has 0 aliphatic rings. The number of fused-ring (bicyclic) bond motifs is 1. The summed E-state index contributed by atoms with van der Waals surface area (Å²) in [6.45, 7) is 9.56. The number of hydroxylamine groups is 2. The van der Waals surface area contributed by atoms with Gasteiger partial charge in [-0.1, -0.05) is 48.5 Å². The van der Waals surface area contributed by atoms with Gasteiger partial charge >= 0.3 is 51.4 Å². The van der Waals surface area contributed by atoms with Crippen molar-refractivity contribution in [1.82, 2.24) is 5.06 Å². The molecular formula is C19H24KNO2. The van der Waals surface area contributed by atoms with E-state index in [1.54, 1.807) is 6.92 Å². The fraction of sp³-hybridized carbons (Fsp3) is 0.368. The summed E-state index contributed by atoms with van der Waals surface area (Å²) in [5.74, 6) is -0.129. The second-order valence-corrected chi connectivity index (χ2v) is 6.40. The van der Waals surface area contributed by atoms with Crippen molar-refractivity contribution in [2.75, 3.05) is 0 Å². The number of allylic oxidation sites excluding steroid dienone is 1. The summed E-state index contributed by atoms with van der Waals surface area (Å²) >= 11 is 0. The maximum Gasteiger partial charge on any atom is 1.00 e. The van der Waals surface area contributed by atoms with E-state index in [4.69, 9.17) is 4.84 Å². The summed E-state index contributed by atoms with van der Waals surface area (Å²) in [5.41, 5.74) is 0.648. The van der Waals surface area contributed by atoms with Gasteiger partial charge in [0.25, 0.3) is 0 Å². The van der Waals surface area contributed by atoms with Gasteiger partial charge in [0.2, 0.25) is 0 Å². The Labute approximate surface area is 181 Å². The average Bonchev–Trinajstić information content (AvgIpc) is 2.49. The van der Waals surface area contributed by atoms with E-state index in [2.05, 4.69) is 24.3 Å². The van der Waals surface area contributed by atoms with Crippen LogP contribution >= 0.6 is 0 Å². The van der Waals surface area contributed by atoms with Crippen LogP contribution in [0.15, 0.2) is 54.4 Å². The number of benzene rings is 2. The molecule has 2 aromatic carbocycles. The van der Waals surface area contributed by atoms with E-state index in [0.29, 0.717) is 0 Å². The Balaban J connectivity index is 0.00000264. The quantitative estimate of drug-likeness (QED) is 0.477. The molecule has 0 aromatic heterocycles. The Morgan fingerprint density at radius 2 is 1.74 bits per heavy atom. The van der Waals surface area contributed by atoms with Crippen molar-refractivity contribution in [3.8, 4) is 0 Å². The number of hydrogen-bond acceptors (Lipinski definition) is 3. The second kappa shape index (κ2) is 8.65. The fourth-order valence-electron chi connectivity index (χ4n) is 2.48. The molecule has 0 radical (unpaired) electrons. The molecule has 3 nitrogen and oxygen atoms in total. The van der Waals surface area contributed by atoms with Crippen molar-refractivity contribution in [2.24, 2.45) is 0 Å². The minimum Gasteiger partial charge on any atom is -0.859 e. The molecule has 0 bridgehead atoms. The van der Waals surface area contributed by atoms with E-state index in [-0.39, 0.29) is 63.3 Å². The molecule has 1 unspecified atom stereocenters. The zero-order valence-corrected chi connectivity index (χ0v) is 18.1. The van der Waals surface area contributed by atoms with Crippen LogP contribution in [0.25, 0.3) is 10.8 Å². The monoisotopic (exact) mass is 337 g/mol. The first-order chi connectivity index (χ1) is 10.3. The Bertz CT molecular complexity index is 671. The summed E-state index contributed by atoms with van der Waals surface area (Å²) < 4.78 is 0. The molecule has 0 N–H and O–H groups in total. The predicted octanol–water partition coefficient (Wildman–Crippen LogP) is 1.16. The van der Waals surface area contributed by atoms with Crippen molar-refractivity contribution in [3.05, 3.63) is 60.0 Å². The van der Waals surface area contributed by atoms with E-state index in [1.807, 2.05) is 45.9 Å².